The fourth-order valence-corrected chi connectivity index (χ4v) is 4.76. The molecule has 0 atom stereocenters. The minimum atomic E-state index is 0.311. The Labute approximate surface area is 171 Å². The van der Waals surface area contributed by atoms with Crippen LogP contribution < -0.4 is 5.32 Å². The highest BCUT2D eigenvalue weighted by Crippen LogP contribution is 2.21. The molecule has 0 aromatic rings. The molecule has 7 heteroatoms. The van der Waals surface area contributed by atoms with E-state index in [9.17, 15) is 4.79 Å². The average molecular weight is 393 g/mol. The summed E-state index contributed by atoms with van der Waals surface area (Å²) < 4.78 is 0. The number of nitrogens with zero attached hydrogens (tertiary/aromatic N) is 5. The maximum absolute atomic E-state index is 12.5. The van der Waals surface area contributed by atoms with Crippen LogP contribution in [0.4, 0.5) is 0 Å². The van der Waals surface area contributed by atoms with Gasteiger partial charge in [0.15, 0.2) is 5.96 Å². The van der Waals surface area contributed by atoms with Gasteiger partial charge in [-0.3, -0.25) is 14.7 Å². The van der Waals surface area contributed by atoms with Crippen molar-refractivity contribution in [3.8, 4) is 0 Å². The van der Waals surface area contributed by atoms with Gasteiger partial charge in [0.05, 0.1) is 6.54 Å². The molecule has 3 aliphatic rings. The van der Waals surface area contributed by atoms with Gasteiger partial charge in [-0.1, -0.05) is 12.8 Å². The second kappa shape index (κ2) is 11.0. The second-order valence-corrected chi connectivity index (χ2v) is 8.60. The summed E-state index contributed by atoms with van der Waals surface area (Å²) in [7, 11) is 4.12. The summed E-state index contributed by atoms with van der Waals surface area (Å²) in [6.07, 6.45) is 9.07. The van der Waals surface area contributed by atoms with Gasteiger partial charge in [0.2, 0.25) is 5.91 Å². The molecule has 0 radical (unpaired) electrons. The third-order valence-electron chi connectivity index (χ3n) is 6.65. The molecule has 0 aromatic carbocycles. The molecule has 0 aromatic heterocycles. The maximum Gasteiger partial charge on any atom is 0.236 e. The van der Waals surface area contributed by atoms with Crippen molar-refractivity contribution >= 4 is 11.9 Å². The lowest BCUT2D eigenvalue weighted by Crippen LogP contribution is -2.55. The Morgan fingerprint density at radius 3 is 2.29 bits per heavy atom. The van der Waals surface area contributed by atoms with Crippen molar-refractivity contribution in [3.05, 3.63) is 0 Å². The number of carbonyl (C=O) groups excluding carboxylic acids is 1. The van der Waals surface area contributed by atoms with E-state index in [2.05, 4.69) is 37.0 Å². The summed E-state index contributed by atoms with van der Waals surface area (Å²) in [6.45, 7) is 8.21. The van der Waals surface area contributed by atoms with Crippen molar-refractivity contribution in [2.24, 2.45) is 4.99 Å². The molecule has 160 valence electrons. The average Bonchev–Trinajstić information content (AvgIpc) is 3.27. The van der Waals surface area contributed by atoms with Crippen molar-refractivity contribution < 1.29 is 4.79 Å². The number of nitrogens with one attached hydrogen (secondary N) is 1. The monoisotopic (exact) mass is 392 g/mol. The minimum Gasteiger partial charge on any atom is -0.355 e. The Kier molecular flexibility index (Phi) is 8.40. The van der Waals surface area contributed by atoms with Gasteiger partial charge in [0.1, 0.15) is 0 Å². The first-order valence-corrected chi connectivity index (χ1v) is 11.3. The van der Waals surface area contributed by atoms with Crippen molar-refractivity contribution in [1.29, 1.82) is 0 Å². The fourth-order valence-electron chi connectivity index (χ4n) is 4.76. The summed E-state index contributed by atoms with van der Waals surface area (Å²) in [5, 5.41) is 3.54. The van der Waals surface area contributed by atoms with Crippen LogP contribution >= 0.6 is 0 Å². The molecule has 1 N–H and O–H groups in total. The predicted octanol–water partition coefficient (Wildman–Crippen LogP) is 1.07. The lowest BCUT2D eigenvalue weighted by atomic mass is 10.1. The van der Waals surface area contributed by atoms with E-state index in [1.807, 2.05) is 7.05 Å². The maximum atomic E-state index is 12.5. The Hall–Kier alpha value is -1.34. The SMILES string of the molecule is CN=C(NCCN(C)C1CCCC1)N1CCN(CC(=O)N2CCCCC2)CC1. The summed E-state index contributed by atoms with van der Waals surface area (Å²) in [5.41, 5.74) is 0. The number of amides is 1. The van der Waals surface area contributed by atoms with Gasteiger partial charge >= 0.3 is 0 Å². The topological polar surface area (TPSA) is 54.4 Å². The van der Waals surface area contributed by atoms with Crippen molar-refractivity contribution in [2.45, 2.75) is 51.0 Å². The van der Waals surface area contributed by atoms with Crippen LogP contribution in [0.25, 0.3) is 0 Å². The first-order chi connectivity index (χ1) is 13.7. The second-order valence-electron chi connectivity index (χ2n) is 8.60. The number of hydrogen-bond acceptors (Lipinski definition) is 4. The van der Waals surface area contributed by atoms with E-state index < -0.39 is 0 Å². The van der Waals surface area contributed by atoms with E-state index in [4.69, 9.17) is 0 Å². The van der Waals surface area contributed by atoms with Gasteiger partial charge in [0, 0.05) is 65.4 Å². The highest BCUT2D eigenvalue weighted by molar-refractivity contribution is 5.80. The zero-order chi connectivity index (χ0) is 19.8. The van der Waals surface area contributed by atoms with Crippen LogP contribution in [0.2, 0.25) is 0 Å². The van der Waals surface area contributed by atoms with E-state index in [0.29, 0.717) is 12.5 Å². The molecule has 28 heavy (non-hydrogen) atoms. The van der Waals surface area contributed by atoms with Crippen molar-refractivity contribution in [1.82, 2.24) is 24.9 Å². The van der Waals surface area contributed by atoms with Crippen molar-refractivity contribution in [2.75, 3.05) is 73.0 Å². The standard InChI is InChI=1S/C21H40N6O/c1-22-21(23-10-13-24(2)19-8-4-5-9-19)27-16-14-25(15-17-27)18-20(28)26-11-6-3-7-12-26/h19H,3-18H2,1-2H3,(H,22,23). The zero-order valence-corrected chi connectivity index (χ0v) is 18.0. The Morgan fingerprint density at radius 2 is 1.64 bits per heavy atom. The molecular weight excluding hydrogens is 352 g/mol. The molecule has 2 saturated heterocycles. The summed E-state index contributed by atoms with van der Waals surface area (Å²) in [6, 6.07) is 0.768. The molecule has 2 aliphatic heterocycles. The van der Waals surface area contributed by atoms with Gasteiger partial charge < -0.3 is 20.0 Å². The number of guanidine groups is 1. The normalized spacial score (nSPS) is 22.9. The molecule has 3 rings (SSSR count). The molecule has 7 nitrogen and oxygen atoms in total. The van der Waals surface area contributed by atoms with Gasteiger partial charge in [-0.2, -0.15) is 0 Å². The Balaban J connectivity index is 1.34. The summed E-state index contributed by atoms with van der Waals surface area (Å²) in [4.78, 5) is 26.1. The molecule has 0 spiro atoms. The smallest absolute Gasteiger partial charge is 0.236 e. The molecule has 2 heterocycles. The molecule has 3 fully saturated rings. The van der Waals surface area contributed by atoms with Crippen LogP contribution in [0.5, 0.6) is 0 Å². The third-order valence-corrected chi connectivity index (χ3v) is 6.65. The van der Waals surface area contributed by atoms with E-state index in [0.717, 1.165) is 77.2 Å². The Morgan fingerprint density at radius 1 is 0.964 bits per heavy atom. The number of carbonyl (C=O) groups is 1. The Bertz CT molecular complexity index is 505. The molecule has 1 saturated carbocycles. The van der Waals surface area contributed by atoms with Crippen LogP contribution in [-0.2, 0) is 4.79 Å². The van der Waals surface area contributed by atoms with Gasteiger partial charge in [0.25, 0.3) is 0 Å². The van der Waals surface area contributed by atoms with E-state index >= 15 is 0 Å². The minimum absolute atomic E-state index is 0.311. The van der Waals surface area contributed by atoms with Gasteiger partial charge in [-0.15, -0.1) is 0 Å². The lowest BCUT2D eigenvalue weighted by molar-refractivity contribution is -0.133. The molecule has 0 bridgehead atoms. The number of piperidine rings is 1. The van der Waals surface area contributed by atoms with Crippen LogP contribution in [0.3, 0.4) is 0 Å². The number of rotatable bonds is 6. The fraction of sp³-hybridized carbons (Fsp3) is 0.905. The van der Waals surface area contributed by atoms with Gasteiger partial charge in [-0.25, -0.2) is 0 Å². The number of likely N-dealkylation sites (N-methyl/N-ethyl adjacent to an activating group) is 1. The number of piperazine rings is 1. The van der Waals surface area contributed by atoms with E-state index in [1.54, 1.807) is 0 Å². The molecule has 1 aliphatic carbocycles. The van der Waals surface area contributed by atoms with Crippen LogP contribution in [0.1, 0.15) is 44.9 Å². The molecule has 1 amide bonds. The van der Waals surface area contributed by atoms with Gasteiger partial charge in [-0.05, 0) is 39.2 Å². The van der Waals surface area contributed by atoms with Crippen LogP contribution in [-0.4, -0.2) is 111 Å². The first-order valence-electron chi connectivity index (χ1n) is 11.3. The zero-order valence-electron chi connectivity index (χ0n) is 18.0. The van der Waals surface area contributed by atoms with E-state index in [1.165, 1.54) is 32.1 Å². The number of likely N-dealkylation sites (tertiary alicyclic amines) is 1. The first kappa shape index (κ1) is 21.4. The predicted molar refractivity (Wildman–Crippen MR) is 115 cm³/mol. The highest BCUT2D eigenvalue weighted by atomic mass is 16.2. The number of aliphatic imine (C=N–C) groups is 1. The lowest BCUT2D eigenvalue weighted by Gasteiger charge is -2.37. The van der Waals surface area contributed by atoms with E-state index in [-0.39, 0.29) is 0 Å². The highest BCUT2D eigenvalue weighted by Gasteiger charge is 2.24. The van der Waals surface area contributed by atoms with Crippen molar-refractivity contribution in [3.63, 3.8) is 0 Å². The van der Waals surface area contributed by atoms with Crippen LogP contribution in [0, 0.1) is 0 Å². The number of hydrogen-bond donors (Lipinski definition) is 1. The third kappa shape index (κ3) is 6.08. The summed E-state index contributed by atoms with van der Waals surface area (Å²) >= 11 is 0. The quantitative estimate of drug-likeness (QED) is 0.541. The molecule has 0 unspecified atom stereocenters. The largest absolute Gasteiger partial charge is 0.355 e. The summed E-state index contributed by atoms with van der Waals surface area (Å²) in [5.74, 6) is 1.31. The molecular formula is C21H40N6O. The van der Waals surface area contributed by atoms with Crippen LogP contribution in [0.15, 0.2) is 4.99 Å².